The predicted octanol–water partition coefficient (Wildman–Crippen LogP) is 4.03. The molecule has 13 heteroatoms. The van der Waals surface area contributed by atoms with Crippen LogP contribution in [0.25, 0.3) is 0 Å². The lowest BCUT2D eigenvalue weighted by atomic mass is 10.1. The summed E-state index contributed by atoms with van der Waals surface area (Å²) in [5, 5.41) is 50.0. The highest BCUT2D eigenvalue weighted by Gasteiger charge is 2.05. The molecule has 208 valence electrons. The Kier molecular flexibility index (Phi) is 21.9. The predicted molar refractivity (Wildman–Crippen MR) is 134 cm³/mol. The third-order valence-corrected chi connectivity index (χ3v) is 5.32. The lowest BCUT2D eigenvalue weighted by Crippen LogP contribution is -1.99. The normalized spacial score (nSPS) is 9.62. The van der Waals surface area contributed by atoms with Gasteiger partial charge in [0.1, 0.15) is 0 Å². The first-order chi connectivity index (χ1) is 17.4. The first kappa shape index (κ1) is 35.6. The second kappa shape index (κ2) is 22.8. The van der Waals surface area contributed by atoms with Crippen LogP contribution in [0.5, 0.6) is 0 Å². The van der Waals surface area contributed by atoms with Crippen LogP contribution in [0.15, 0.2) is 24.3 Å². The molecule has 0 heterocycles. The van der Waals surface area contributed by atoms with E-state index in [1.807, 2.05) is 0 Å². The molecule has 6 N–H and O–H groups in total. The summed E-state index contributed by atoms with van der Waals surface area (Å²) in [6, 6.07) is 5.02. The summed E-state index contributed by atoms with van der Waals surface area (Å²) in [5.74, 6) is -4.31. The Morgan fingerprint density at radius 2 is 0.730 bits per heavy atom. The van der Waals surface area contributed by atoms with Crippen LogP contribution in [0, 0.1) is 0 Å². The molecule has 0 unspecified atom stereocenters. The molecule has 0 saturated carbocycles. The Hall–Kier alpha value is -3.61. The molecule has 0 aliphatic rings. The summed E-state index contributed by atoms with van der Waals surface area (Å²) in [6.45, 7) is 0. The molecule has 0 aliphatic heterocycles. The Labute approximate surface area is 218 Å². The van der Waals surface area contributed by atoms with Crippen molar-refractivity contribution in [3.05, 3.63) is 35.4 Å². The highest BCUT2D eigenvalue weighted by atomic mass is 32.2. The highest BCUT2D eigenvalue weighted by molar-refractivity contribution is 7.99. The first-order valence-corrected chi connectivity index (χ1v) is 12.5. The van der Waals surface area contributed by atoms with Gasteiger partial charge in [0.05, 0.1) is 24.0 Å². The minimum Gasteiger partial charge on any atom is -0.481 e. The van der Waals surface area contributed by atoms with E-state index in [0.717, 1.165) is 38.5 Å². The Bertz CT molecular complexity index is 783. The van der Waals surface area contributed by atoms with E-state index in [-0.39, 0.29) is 36.8 Å². The summed E-state index contributed by atoms with van der Waals surface area (Å²) in [4.78, 5) is 60.9. The maximum absolute atomic E-state index is 10.3. The number of hydrogen-bond acceptors (Lipinski definition) is 7. The van der Waals surface area contributed by atoms with Gasteiger partial charge in [0.2, 0.25) is 0 Å². The van der Waals surface area contributed by atoms with E-state index < -0.39 is 35.8 Å². The minimum absolute atomic E-state index is 0.0833. The molecule has 1 aromatic carbocycles. The van der Waals surface area contributed by atoms with Gasteiger partial charge in [-0.3, -0.25) is 19.2 Å². The third kappa shape index (κ3) is 26.8. The monoisotopic (exact) mass is 546 g/mol. The molecule has 0 saturated heterocycles. The number of rotatable bonds is 17. The van der Waals surface area contributed by atoms with Crippen LogP contribution < -0.4 is 0 Å². The van der Waals surface area contributed by atoms with E-state index >= 15 is 0 Å². The van der Waals surface area contributed by atoms with Crippen molar-refractivity contribution in [1.29, 1.82) is 0 Å². The molecule has 12 nitrogen and oxygen atoms in total. The van der Waals surface area contributed by atoms with Crippen LogP contribution in [-0.2, 0) is 19.2 Å². The Balaban J connectivity index is 0. The van der Waals surface area contributed by atoms with Gasteiger partial charge in [-0.25, -0.2) is 9.59 Å². The number of aliphatic carboxylic acids is 4. The molecular weight excluding hydrogens is 512 g/mol. The average molecular weight is 547 g/mol. The molecule has 37 heavy (non-hydrogen) atoms. The average Bonchev–Trinajstić information content (AvgIpc) is 2.80. The molecule has 0 aromatic heterocycles. The van der Waals surface area contributed by atoms with Crippen molar-refractivity contribution in [2.45, 2.75) is 64.2 Å². The molecular formula is C24H34O12S. The fourth-order valence-corrected chi connectivity index (χ4v) is 3.28. The van der Waals surface area contributed by atoms with Crippen LogP contribution >= 0.6 is 11.8 Å². The van der Waals surface area contributed by atoms with Crippen LogP contribution in [0.1, 0.15) is 84.9 Å². The van der Waals surface area contributed by atoms with Crippen molar-refractivity contribution in [3.8, 4) is 0 Å². The second-order valence-electron chi connectivity index (χ2n) is 7.50. The Morgan fingerprint density at radius 3 is 0.973 bits per heavy atom. The zero-order chi connectivity index (χ0) is 28.6. The highest BCUT2D eigenvalue weighted by Crippen LogP contribution is 2.08. The van der Waals surface area contributed by atoms with Crippen LogP contribution in [0.3, 0.4) is 0 Å². The number of carboxylic acid groups (broad SMARTS) is 6. The summed E-state index contributed by atoms with van der Waals surface area (Å²) in [6.07, 6.45) is 6.03. The van der Waals surface area contributed by atoms with E-state index in [0.29, 0.717) is 11.5 Å². The molecule has 0 amide bonds. The lowest BCUT2D eigenvalue weighted by molar-refractivity contribution is -0.138. The topological polar surface area (TPSA) is 224 Å². The molecule has 0 radical (unpaired) electrons. The fraction of sp³-hybridized carbons (Fsp3) is 0.500. The number of aromatic carboxylic acids is 2. The molecule has 1 aromatic rings. The molecule has 0 fully saturated rings. The van der Waals surface area contributed by atoms with Crippen molar-refractivity contribution < 1.29 is 59.4 Å². The van der Waals surface area contributed by atoms with Gasteiger partial charge in [0, 0.05) is 24.3 Å². The van der Waals surface area contributed by atoms with Gasteiger partial charge in [-0.1, -0.05) is 25.7 Å². The van der Waals surface area contributed by atoms with Gasteiger partial charge in [-0.2, -0.15) is 11.8 Å². The van der Waals surface area contributed by atoms with Crippen LogP contribution in [-0.4, -0.2) is 78.0 Å². The van der Waals surface area contributed by atoms with Crippen molar-refractivity contribution in [1.82, 2.24) is 0 Å². The summed E-state index contributed by atoms with van der Waals surface area (Å²) in [7, 11) is 0. The summed E-state index contributed by atoms with van der Waals surface area (Å²) >= 11 is 1.35. The van der Waals surface area contributed by atoms with Crippen molar-refractivity contribution in [3.63, 3.8) is 0 Å². The quantitative estimate of drug-likeness (QED) is 0.152. The number of benzene rings is 1. The zero-order valence-electron chi connectivity index (χ0n) is 20.3. The number of carboxylic acids is 6. The van der Waals surface area contributed by atoms with Gasteiger partial charge in [0.15, 0.2) is 0 Å². The maximum atomic E-state index is 10.3. The third-order valence-electron chi connectivity index (χ3n) is 4.33. The zero-order valence-corrected chi connectivity index (χ0v) is 21.2. The number of unbranched alkanes of at least 4 members (excludes halogenated alkanes) is 5. The van der Waals surface area contributed by atoms with Gasteiger partial charge < -0.3 is 30.6 Å². The van der Waals surface area contributed by atoms with Gasteiger partial charge in [-0.15, -0.1) is 0 Å². The molecule has 1 rings (SSSR count). The fourth-order valence-electron chi connectivity index (χ4n) is 2.44. The SMILES string of the molecule is O=C(O)CCCCCCCCC(=O)O.O=C(O)CCSCCC(=O)O.O=C(O)c1ccc(C(=O)O)cc1. The summed E-state index contributed by atoms with van der Waals surface area (Å²) in [5.41, 5.74) is 0.167. The molecule has 0 aliphatic carbocycles. The van der Waals surface area contributed by atoms with Gasteiger partial charge in [0.25, 0.3) is 0 Å². The van der Waals surface area contributed by atoms with Gasteiger partial charge in [-0.05, 0) is 37.1 Å². The van der Waals surface area contributed by atoms with Crippen molar-refractivity contribution in [2.75, 3.05) is 11.5 Å². The van der Waals surface area contributed by atoms with E-state index in [9.17, 15) is 28.8 Å². The van der Waals surface area contributed by atoms with Gasteiger partial charge >= 0.3 is 35.8 Å². The largest absolute Gasteiger partial charge is 0.481 e. The van der Waals surface area contributed by atoms with Crippen molar-refractivity contribution >= 4 is 47.6 Å². The van der Waals surface area contributed by atoms with E-state index in [1.54, 1.807) is 0 Å². The number of thioether (sulfide) groups is 1. The van der Waals surface area contributed by atoms with Crippen molar-refractivity contribution in [2.24, 2.45) is 0 Å². The first-order valence-electron chi connectivity index (χ1n) is 11.4. The van der Waals surface area contributed by atoms with Crippen LogP contribution in [0.4, 0.5) is 0 Å². The molecule has 0 atom stereocenters. The Morgan fingerprint density at radius 1 is 0.459 bits per heavy atom. The standard InChI is InChI=1S/C10H18O4.C8H6O4.C6H10O4S/c11-9(12)7-5-3-1-2-4-6-8-10(13)14;9-7(10)5-1-2-6(4-3-5)8(11)12;7-5(8)1-3-11-4-2-6(9)10/h1-8H2,(H,11,12)(H,13,14);1-4H,(H,9,10)(H,11,12);1-4H2,(H,7,8)(H,9,10). The van der Waals surface area contributed by atoms with E-state index in [1.165, 1.54) is 36.0 Å². The number of carbonyl (C=O) groups is 6. The minimum atomic E-state index is -1.06. The smallest absolute Gasteiger partial charge is 0.335 e. The number of hydrogen-bond donors (Lipinski definition) is 6. The van der Waals surface area contributed by atoms with E-state index in [4.69, 9.17) is 30.6 Å². The second-order valence-corrected chi connectivity index (χ2v) is 8.72. The summed E-state index contributed by atoms with van der Waals surface area (Å²) < 4.78 is 0. The molecule has 0 spiro atoms. The van der Waals surface area contributed by atoms with E-state index in [2.05, 4.69) is 0 Å². The molecule has 0 bridgehead atoms. The maximum Gasteiger partial charge on any atom is 0.335 e. The van der Waals surface area contributed by atoms with Crippen LogP contribution in [0.2, 0.25) is 0 Å². The lowest BCUT2D eigenvalue weighted by Gasteiger charge is -1.98.